The highest BCUT2D eigenvalue weighted by Gasteiger charge is 2.41. The Morgan fingerprint density at radius 3 is 2.06 bits per heavy atom. The first-order chi connectivity index (χ1) is 25.0. The summed E-state index contributed by atoms with van der Waals surface area (Å²) in [6, 6.07) is 25.0. The standard InChI is InChI=1S/C43H50N4O5/c1-5-29-11-15-32(16-12-29)33-19-21-34(22-20-33)36-24-44-39(45-25-36)35-17-13-30(14-18-35)23-38(46-42(50)51-28-31-9-7-6-8-10-31)40(48)47-26-37(27-47)41(49)52-43(2,3)4/h6-10,13-14,17-22,24-25,29,32,37-38H,5,11-12,15-16,23,26-28H2,1-4H3,(H,46,50)/t29-,32-,38-/m0/s1. The van der Waals surface area contributed by atoms with Crippen LogP contribution in [0.15, 0.2) is 91.3 Å². The summed E-state index contributed by atoms with van der Waals surface area (Å²) >= 11 is 0. The van der Waals surface area contributed by atoms with Gasteiger partial charge in [0.2, 0.25) is 5.91 Å². The maximum Gasteiger partial charge on any atom is 0.408 e. The fourth-order valence-corrected chi connectivity index (χ4v) is 7.02. The zero-order chi connectivity index (χ0) is 36.7. The van der Waals surface area contributed by atoms with Crippen molar-refractivity contribution < 1.29 is 23.9 Å². The second kappa shape index (κ2) is 16.5. The zero-order valence-electron chi connectivity index (χ0n) is 30.7. The number of carbonyl (C=O) groups is 3. The van der Waals surface area contributed by atoms with Crippen LogP contribution in [0.3, 0.4) is 0 Å². The number of nitrogens with zero attached hydrogens (tertiary/aromatic N) is 3. The van der Waals surface area contributed by atoms with Crippen LogP contribution in [0.25, 0.3) is 22.5 Å². The van der Waals surface area contributed by atoms with Crippen molar-refractivity contribution in [1.29, 1.82) is 0 Å². The molecule has 1 atom stereocenters. The summed E-state index contributed by atoms with van der Waals surface area (Å²) in [5.74, 6) is 1.14. The molecule has 1 N–H and O–H groups in total. The summed E-state index contributed by atoms with van der Waals surface area (Å²) in [6.07, 6.45) is 9.76. The Labute approximate surface area is 307 Å². The number of alkyl carbamates (subject to hydrolysis) is 1. The lowest BCUT2D eigenvalue weighted by atomic mass is 9.78. The van der Waals surface area contributed by atoms with Crippen LogP contribution in [-0.4, -0.2) is 57.6 Å². The number of esters is 1. The number of hydrogen-bond donors (Lipinski definition) is 1. The van der Waals surface area contributed by atoms with E-state index in [1.54, 1.807) is 4.90 Å². The van der Waals surface area contributed by atoms with Crippen LogP contribution in [0.5, 0.6) is 0 Å². The van der Waals surface area contributed by atoms with Gasteiger partial charge in [0.25, 0.3) is 0 Å². The van der Waals surface area contributed by atoms with Gasteiger partial charge in [0.15, 0.2) is 5.82 Å². The quantitative estimate of drug-likeness (QED) is 0.157. The van der Waals surface area contributed by atoms with Crippen LogP contribution in [0.4, 0.5) is 4.79 Å². The molecule has 6 rings (SSSR count). The Hall–Kier alpha value is -5.05. The van der Waals surface area contributed by atoms with E-state index in [1.165, 1.54) is 37.7 Å². The molecular weight excluding hydrogens is 652 g/mol. The maximum atomic E-state index is 13.6. The highest BCUT2D eigenvalue weighted by Crippen LogP contribution is 2.37. The molecule has 1 saturated carbocycles. The number of amides is 2. The van der Waals surface area contributed by atoms with Gasteiger partial charge in [0, 0.05) is 43.0 Å². The predicted molar refractivity (Wildman–Crippen MR) is 201 cm³/mol. The molecule has 0 spiro atoms. The number of benzene rings is 3. The average molecular weight is 703 g/mol. The Morgan fingerprint density at radius 2 is 1.44 bits per heavy atom. The Morgan fingerprint density at radius 1 is 0.808 bits per heavy atom. The van der Waals surface area contributed by atoms with Crippen LogP contribution in [0.2, 0.25) is 0 Å². The van der Waals surface area contributed by atoms with Crippen molar-refractivity contribution in [3.05, 3.63) is 108 Å². The third-order valence-electron chi connectivity index (χ3n) is 10.2. The smallest absolute Gasteiger partial charge is 0.408 e. The largest absolute Gasteiger partial charge is 0.460 e. The molecular formula is C43H50N4O5. The number of aromatic nitrogens is 2. The van der Waals surface area contributed by atoms with E-state index in [0.717, 1.165) is 33.7 Å². The highest BCUT2D eigenvalue weighted by atomic mass is 16.6. The summed E-state index contributed by atoms with van der Waals surface area (Å²) in [7, 11) is 0. The summed E-state index contributed by atoms with van der Waals surface area (Å²) in [6.45, 7) is 8.31. The van der Waals surface area contributed by atoms with Crippen molar-refractivity contribution in [3.8, 4) is 22.5 Å². The van der Waals surface area contributed by atoms with Gasteiger partial charge in [0.05, 0.1) is 5.92 Å². The van der Waals surface area contributed by atoms with E-state index in [9.17, 15) is 14.4 Å². The van der Waals surface area contributed by atoms with Gasteiger partial charge in [-0.05, 0) is 80.5 Å². The molecule has 3 aromatic carbocycles. The number of nitrogens with one attached hydrogen (secondary N) is 1. The molecule has 1 aliphatic heterocycles. The summed E-state index contributed by atoms with van der Waals surface area (Å²) in [5.41, 5.74) is 5.41. The minimum absolute atomic E-state index is 0.0801. The SMILES string of the molecule is CC[C@H]1CC[C@H](c2ccc(-c3cnc(-c4ccc(C[C@H](NC(=O)OCc5ccccc5)C(=O)N5CC(C(=O)OC(C)(C)C)C5)cc4)nc3)cc2)CC1. The van der Waals surface area contributed by atoms with Crippen LogP contribution < -0.4 is 5.32 Å². The second-order valence-corrected chi connectivity index (χ2v) is 15.2. The third kappa shape index (κ3) is 9.63. The molecule has 1 aromatic heterocycles. The first-order valence-corrected chi connectivity index (χ1v) is 18.5. The Kier molecular flexibility index (Phi) is 11.7. The minimum Gasteiger partial charge on any atom is -0.460 e. The molecule has 52 heavy (non-hydrogen) atoms. The third-order valence-corrected chi connectivity index (χ3v) is 10.2. The molecule has 0 unspecified atom stereocenters. The highest BCUT2D eigenvalue weighted by molar-refractivity contribution is 5.88. The van der Waals surface area contributed by atoms with Crippen molar-refractivity contribution in [3.63, 3.8) is 0 Å². The number of hydrogen-bond acceptors (Lipinski definition) is 7. The average Bonchev–Trinajstić information content (AvgIpc) is 3.13. The first kappa shape index (κ1) is 36.7. The monoisotopic (exact) mass is 702 g/mol. The van der Waals surface area contributed by atoms with Gasteiger partial charge >= 0.3 is 12.1 Å². The minimum atomic E-state index is -0.887. The number of likely N-dealkylation sites (tertiary alicyclic amines) is 1. The molecule has 2 aliphatic rings. The van der Waals surface area contributed by atoms with Crippen molar-refractivity contribution in [1.82, 2.24) is 20.2 Å². The molecule has 9 heteroatoms. The molecule has 2 amide bonds. The van der Waals surface area contributed by atoms with Gasteiger partial charge in [-0.25, -0.2) is 14.8 Å². The first-order valence-electron chi connectivity index (χ1n) is 18.5. The Bertz CT molecular complexity index is 1790. The van der Waals surface area contributed by atoms with Crippen LogP contribution in [0, 0.1) is 11.8 Å². The van der Waals surface area contributed by atoms with Crippen molar-refractivity contribution in [2.45, 2.75) is 90.4 Å². The van der Waals surface area contributed by atoms with E-state index < -0.39 is 23.7 Å². The molecule has 2 fully saturated rings. The lowest BCUT2D eigenvalue weighted by Crippen LogP contribution is -2.59. The second-order valence-electron chi connectivity index (χ2n) is 15.2. The van der Waals surface area contributed by atoms with Crippen LogP contribution >= 0.6 is 0 Å². The fraction of sp³-hybridized carbons (Fsp3) is 0.419. The van der Waals surface area contributed by atoms with Gasteiger partial charge in [0.1, 0.15) is 18.2 Å². The molecule has 4 aromatic rings. The van der Waals surface area contributed by atoms with Gasteiger partial charge in [-0.2, -0.15) is 0 Å². The van der Waals surface area contributed by atoms with Crippen molar-refractivity contribution in [2.75, 3.05) is 13.1 Å². The maximum absolute atomic E-state index is 13.6. The van der Waals surface area contributed by atoms with E-state index >= 15 is 0 Å². The fourth-order valence-electron chi connectivity index (χ4n) is 7.02. The van der Waals surface area contributed by atoms with E-state index in [2.05, 4.69) is 46.5 Å². The van der Waals surface area contributed by atoms with Crippen LogP contribution in [-0.2, 0) is 32.1 Å². The van der Waals surface area contributed by atoms with Crippen LogP contribution in [0.1, 0.15) is 82.4 Å². The summed E-state index contributed by atoms with van der Waals surface area (Å²) in [4.78, 5) is 49.9. The predicted octanol–water partition coefficient (Wildman–Crippen LogP) is 8.13. The van der Waals surface area contributed by atoms with Crippen molar-refractivity contribution >= 4 is 18.0 Å². The molecule has 0 bridgehead atoms. The summed E-state index contributed by atoms with van der Waals surface area (Å²) in [5, 5.41) is 2.77. The lowest BCUT2D eigenvalue weighted by Gasteiger charge is -2.40. The van der Waals surface area contributed by atoms with Crippen molar-refractivity contribution in [2.24, 2.45) is 11.8 Å². The molecule has 2 heterocycles. The molecule has 9 nitrogen and oxygen atoms in total. The van der Waals surface area contributed by atoms with Gasteiger partial charge in [-0.15, -0.1) is 0 Å². The van der Waals surface area contributed by atoms with Gasteiger partial charge < -0.3 is 19.7 Å². The molecule has 272 valence electrons. The van der Waals surface area contributed by atoms with Gasteiger partial charge in [-0.3, -0.25) is 9.59 Å². The zero-order valence-corrected chi connectivity index (χ0v) is 30.7. The lowest BCUT2D eigenvalue weighted by molar-refractivity contribution is -0.168. The normalized spacial score (nSPS) is 18.2. The number of carbonyl (C=O) groups excluding carboxylic acids is 3. The topological polar surface area (TPSA) is 111 Å². The molecule has 1 saturated heterocycles. The van der Waals surface area contributed by atoms with E-state index in [-0.39, 0.29) is 38.0 Å². The molecule has 1 aliphatic carbocycles. The Balaban J connectivity index is 1.08. The van der Waals surface area contributed by atoms with Gasteiger partial charge in [-0.1, -0.05) is 92.2 Å². The van der Waals surface area contributed by atoms with E-state index in [0.29, 0.717) is 11.7 Å². The van der Waals surface area contributed by atoms with E-state index in [4.69, 9.17) is 9.47 Å². The van der Waals surface area contributed by atoms with E-state index in [1.807, 2.05) is 87.8 Å². The molecule has 0 radical (unpaired) electrons. The number of rotatable bonds is 11. The summed E-state index contributed by atoms with van der Waals surface area (Å²) < 4.78 is 10.9. The number of ether oxygens (including phenoxy) is 2.